The summed E-state index contributed by atoms with van der Waals surface area (Å²) in [7, 11) is 0. The Hall–Kier alpha value is -0.700. The largest absolute Gasteiger partial charge is 0.598 e. The van der Waals surface area contributed by atoms with Crippen molar-refractivity contribution in [1.29, 1.82) is 0 Å². The Balaban J connectivity index is 3.02. The van der Waals surface area contributed by atoms with E-state index in [1.165, 1.54) is 12.1 Å². The smallest absolute Gasteiger partial charge is 0.227 e. The third-order valence-corrected chi connectivity index (χ3v) is 4.49. The van der Waals surface area contributed by atoms with Crippen molar-refractivity contribution in [3.63, 3.8) is 0 Å². The number of hydrogen-bond donors (Lipinski definition) is 1. The van der Waals surface area contributed by atoms with E-state index in [-0.39, 0.29) is 0 Å². The molecule has 0 fully saturated rings. The van der Waals surface area contributed by atoms with Gasteiger partial charge in [-0.15, -0.1) is 4.72 Å². The number of nitrogens with one attached hydrogen (secondary N) is 1. The van der Waals surface area contributed by atoms with Crippen LogP contribution in [0.25, 0.3) is 0 Å². The molecule has 0 bridgehead atoms. The molecule has 0 radical (unpaired) electrons. The molecule has 1 aromatic rings. The number of nitrogens with zero attached hydrogens (tertiary/aromatic N) is 1. The van der Waals surface area contributed by atoms with E-state index in [0.29, 0.717) is 10.0 Å². The van der Waals surface area contributed by atoms with Gasteiger partial charge >= 0.3 is 0 Å². The fourth-order valence-electron chi connectivity index (χ4n) is 1.44. The first-order valence-electron chi connectivity index (χ1n) is 5.85. The normalized spacial score (nSPS) is 14.9. The molecule has 8 heteroatoms. The molecule has 0 saturated heterocycles. The molecule has 0 heterocycles. The molecular weight excluding hydrogens is 351 g/mol. The zero-order chi connectivity index (χ0) is 15.5. The highest BCUT2D eigenvalue weighted by molar-refractivity contribution is 9.10. The quantitative estimate of drug-likeness (QED) is 0.493. The Kier molecular flexibility index (Phi) is 5.93. The van der Waals surface area contributed by atoms with E-state index in [9.17, 15) is 19.1 Å². The van der Waals surface area contributed by atoms with Crippen molar-refractivity contribution in [3.8, 4) is 0 Å². The average Bonchev–Trinajstić information content (AvgIpc) is 2.24. The van der Waals surface area contributed by atoms with Gasteiger partial charge in [-0.25, -0.2) is 4.39 Å². The second kappa shape index (κ2) is 6.84. The van der Waals surface area contributed by atoms with Gasteiger partial charge < -0.3 is 4.55 Å². The Morgan fingerprint density at radius 1 is 1.45 bits per heavy atom. The number of hydrogen-bond acceptors (Lipinski definition) is 4. The van der Waals surface area contributed by atoms with E-state index in [1.807, 2.05) is 0 Å². The molecule has 5 nitrogen and oxygen atoms in total. The Morgan fingerprint density at radius 3 is 2.50 bits per heavy atom. The van der Waals surface area contributed by atoms with Crippen LogP contribution in [0.3, 0.4) is 0 Å². The summed E-state index contributed by atoms with van der Waals surface area (Å²) in [5.74, 6) is -0.508. The molecule has 20 heavy (non-hydrogen) atoms. The minimum atomic E-state index is -1.49. The number of nitro groups is 1. The summed E-state index contributed by atoms with van der Waals surface area (Å²) in [6.45, 7) is 4.78. The highest BCUT2D eigenvalue weighted by Gasteiger charge is 2.32. The molecular formula is C12H16BrFN2O3S. The molecule has 0 amide bonds. The number of rotatable bonds is 5. The van der Waals surface area contributed by atoms with Gasteiger partial charge in [0.15, 0.2) is 0 Å². The maximum Gasteiger partial charge on any atom is 0.227 e. The zero-order valence-electron chi connectivity index (χ0n) is 11.4. The van der Waals surface area contributed by atoms with E-state index in [1.54, 1.807) is 26.8 Å². The summed E-state index contributed by atoms with van der Waals surface area (Å²) in [4.78, 5) is 10.2. The summed E-state index contributed by atoms with van der Waals surface area (Å²) in [6.07, 6.45) is 0. The van der Waals surface area contributed by atoms with Crippen LogP contribution in [0.4, 0.5) is 4.39 Å². The van der Waals surface area contributed by atoms with Crippen molar-refractivity contribution in [3.05, 3.63) is 44.2 Å². The van der Waals surface area contributed by atoms with Crippen LogP contribution >= 0.6 is 15.9 Å². The van der Waals surface area contributed by atoms with Gasteiger partial charge in [-0.2, -0.15) is 0 Å². The predicted molar refractivity (Wildman–Crippen MR) is 79.7 cm³/mol. The highest BCUT2D eigenvalue weighted by Crippen LogP contribution is 2.24. The lowest BCUT2D eigenvalue weighted by molar-refractivity contribution is -0.483. The predicted octanol–water partition coefficient (Wildman–Crippen LogP) is 2.96. The molecule has 1 aromatic carbocycles. The Morgan fingerprint density at radius 2 is 2.05 bits per heavy atom. The molecule has 0 aliphatic heterocycles. The molecule has 0 aliphatic carbocycles. The van der Waals surface area contributed by atoms with Gasteiger partial charge in [0.25, 0.3) is 0 Å². The zero-order valence-corrected chi connectivity index (χ0v) is 13.8. The lowest BCUT2D eigenvalue weighted by atomic mass is 10.1. The van der Waals surface area contributed by atoms with Crippen LogP contribution in [0.5, 0.6) is 0 Å². The van der Waals surface area contributed by atoms with Gasteiger partial charge in [0.2, 0.25) is 6.54 Å². The maximum atomic E-state index is 13.4. The molecule has 1 N–H and O–H groups in total. The molecule has 1 rings (SSSR count). The van der Waals surface area contributed by atoms with Crippen LogP contribution in [0.15, 0.2) is 22.7 Å². The fraction of sp³-hybridized carbons (Fsp3) is 0.500. The van der Waals surface area contributed by atoms with Crippen molar-refractivity contribution >= 4 is 27.3 Å². The van der Waals surface area contributed by atoms with Crippen LogP contribution in [0.2, 0.25) is 0 Å². The van der Waals surface area contributed by atoms with Gasteiger partial charge in [-0.05, 0) is 44.5 Å². The second-order valence-electron chi connectivity index (χ2n) is 5.27. The Bertz CT molecular complexity index is 476. The van der Waals surface area contributed by atoms with Gasteiger partial charge in [0, 0.05) is 20.8 Å². The average molecular weight is 367 g/mol. The SMILES string of the molecule is CC(C)(C)[S@+]([O-])N[C@H](C[N+](=O)[O-])c1cc(F)cc(Br)c1. The van der Waals surface area contributed by atoms with Crippen molar-refractivity contribution in [1.82, 2.24) is 4.72 Å². The Labute approximate surface area is 128 Å². The van der Waals surface area contributed by atoms with E-state index >= 15 is 0 Å². The first-order chi connectivity index (χ1) is 9.09. The molecule has 0 spiro atoms. The topological polar surface area (TPSA) is 78.2 Å². The first-order valence-corrected chi connectivity index (χ1v) is 7.79. The lowest BCUT2D eigenvalue weighted by Gasteiger charge is -2.26. The van der Waals surface area contributed by atoms with Crippen molar-refractivity contribution < 1.29 is 13.9 Å². The van der Waals surface area contributed by atoms with E-state index in [0.717, 1.165) is 0 Å². The van der Waals surface area contributed by atoms with Crippen LogP contribution in [-0.2, 0) is 11.4 Å². The molecule has 112 valence electrons. The third-order valence-electron chi connectivity index (χ3n) is 2.42. The van der Waals surface area contributed by atoms with Gasteiger partial charge in [0.1, 0.15) is 16.6 Å². The van der Waals surface area contributed by atoms with Gasteiger partial charge in [0.05, 0.1) is 0 Å². The second-order valence-corrected chi connectivity index (χ2v) is 8.18. The minimum absolute atomic E-state index is 0.381. The van der Waals surface area contributed by atoms with Crippen LogP contribution in [0, 0.1) is 15.9 Å². The summed E-state index contributed by atoms with van der Waals surface area (Å²) >= 11 is 1.65. The maximum absolute atomic E-state index is 13.4. The van der Waals surface area contributed by atoms with Crippen LogP contribution in [0.1, 0.15) is 32.4 Å². The van der Waals surface area contributed by atoms with Crippen molar-refractivity contribution in [2.24, 2.45) is 0 Å². The van der Waals surface area contributed by atoms with E-state index in [4.69, 9.17) is 0 Å². The molecule has 0 unspecified atom stereocenters. The minimum Gasteiger partial charge on any atom is -0.598 e. The van der Waals surface area contributed by atoms with Crippen LogP contribution in [-0.4, -0.2) is 20.8 Å². The van der Waals surface area contributed by atoms with E-state index in [2.05, 4.69) is 20.7 Å². The highest BCUT2D eigenvalue weighted by atomic mass is 79.9. The van der Waals surface area contributed by atoms with E-state index < -0.39 is 39.4 Å². The fourth-order valence-corrected chi connectivity index (χ4v) is 2.75. The van der Waals surface area contributed by atoms with Gasteiger partial charge in [-0.3, -0.25) is 10.1 Å². The number of benzene rings is 1. The summed E-state index contributed by atoms with van der Waals surface area (Å²) in [5.41, 5.74) is 0.381. The molecule has 0 aromatic heterocycles. The number of halogens is 2. The summed E-state index contributed by atoms with van der Waals surface area (Å²) < 4.78 is 28.1. The lowest BCUT2D eigenvalue weighted by Crippen LogP contribution is -2.43. The summed E-state index contributed by atoms with van der Waals surface area (Å²) in [5, 5.41) is 10.7. The first kappa shape index (κ1) is 17.4. The standard InChI is InChI=1S/C12H16BrFN2O3S/c1-12(2,3)20(19)15-11(7-16(17)18)8-4-9(13)6-10(14)5-8/h4-6,11,15H,7H2,1-3H3/t11-,20+/m1/s1. The molecule has 0 saturated carbocycles. The molecule has 2 atom stereocenters. The third kappa shape index (κ3) is 5.35. The van der Waals surface area contributed by atoms with Crippen molar-refractivity contribution in [2.75, 3.05) is 6.54 Å². The van der Waals surface area contributed by atoms with Crippen molar-refractivity contribution in [2.45, 2.75) is 31.6 Å². The van der Waals surface area contributed by atoms with Crippen LogP contribution < -0.4 is 4.72 Å². The monoisotopic (exact) mass is 366 g/mol. The summed E-state index contributed by atoms with van der Waals surface area (Å²) in [6, 6.07) is 3.21. The van der Waals surface area contributed by atoms with Gasteiger partial charge in [-0.1, -0.05) is 15.9 Å². The molecule has 0 aliphatic rings.